The van der Waals surface area contributed by atoms with Crippen LogP contribution in [-0.2, 0) is 4.79 Å². The van der Waals surface area contributed by atoms with Crippen LogP contribution in [0.4, 0.5) is 5.69 Å². The van der Waals surface area contributed by atoms with Crippen LogP contribution in [0, 0.1) is 16.7 Å². The zero-order chi connectivity index (χ0) is 19.0. The fourth-order valence-corrected chi connectivity index (χ4v) is 3.87. The van der Waals surface area contributed by atoms with Crippen LogP contribution in [0.3, 0.4) is 0 Å². The second-order valence-electron chi connectivity index (χ2n) is 7.03. The second kappa shape index (κ2) is 6.43. The van der Waals surface area contributed by atoms with Crippen LogP contribution in [0.15, 0.2) is 34.9 Å². The van der Waals surface area contributed by atoms with Crippen LogP contribution >= 0.6 is 0 Å². The molecule has 2 aliphatic heterocycles. The summed E-state index contributed by atoms with van der Waals surface area (Å²) in [4.78, 5) is 28.7. The van der Waals surface area contributed by atoms with Gasteiger partial charge in [0.25, 0.3) is 11.8 Å². The molecule has 1 spiro atoms. The maximum absolute atomic E-state index is 12.6. The van der Waals surface area contributed by atoms with Gasteiger partial charge in [-0.2, -0.15) is 5.26 Å². The molecular formula is C19H18N4O4. The first kappa shape index (κ1) is 17.1. The van der Waals surface area contributed by atoms with Gasteiger partial charge in [0.15, 0.2) is 0 Å². The first-order valence-corrected chi connectivity index (χ1v) is 8.64. The summed E-state index contributed by atoms with van der Waals surface area (Å²) < 4.78 is 9.99. The maximum Gasteiger partial charge on any atom is 0.292 e. The molecule has 2 aliphatic rings. The normalized spacial score (nSPS) is 21.7. The van der Waals surface area contributed by atoms with E-state index in [-0.39, 0.29) is 28.9 Å². The van der Waals surface area contributed by atoms with E-state index in [9.17, 15) is 9.59 Å². The Bertz CT molecular complexity index is 947. The van der Waals surface area contributed by atoms with Crippen LogP contribution in [0.2, 0.25) is 0 Å². The monoisotopic (exact) mass is 366 g/mol. The zero-order valence-electron chi connectivity index (χ0n) is 14.8. The van der Waals surface area contributed by atoms with Gasteiger partial charge in [0.1, 0.15) is 0 Å². The summed E-state index contributed by atoms with van der Waals surface area (Å²) in [6, 6.07) is 10.6. The molecule has 8 heteroatoms. The van der Waals surface area contributed by atoms with E-state index in [1.54, 1.807) is 28.0 Å². The lowest BCUT2D eigenvalue weighted by Gasteiger charge is -2.24. The molecule has 27 heavy (non-hydrogen) atoms. The lowest BCUT2D eigenvalue weighted by molar-refractivity contribution is -0.117. The van der Waals surface area contributed by atoms with Gasteiger partial charge in [0.05, 0.1) is 24.8 Å². The molecule has 2 amide bonds. The average molecular weight is 366 g/mol. The maximum atomic E-state index is 12.6. The van der Waals surface area contributed by atoms with Crippen molar-refractivity contribution in [3.63, 3.8) is 0 Å². The minimum Gasteiger partial charge on any atom is -0.479 e. The Hall–Kier alpha value is -3.34. The van der Waals surface area contributed by atoms with Crippen molar-refractivity contribution in [2.24, 2.45) is 5.41 Å². The summed E-state index contributed by atoms with van der Waals surface area (Å²) in [5.74, 6) is 0.152. The minimum atomic E-state index is -0.278. The van der Waals surface area contributed by atoms with Gasteiger partial charge >= 0.3 is 0 Å². The molecule has 3 heterocycles. The number of carbonyl (C=O) groups is 2. The molecule has 0 bridgehead atoms. The fraction of sp³-hybridized carbons (Fsp3) is 0.368. The van der Waals surface area contributed by atoms with E-state index < -0.39 is 0 Å². The lowest BCUT2D eigenvalue weighted by atomic mass is 9.86. The first-order valence-electron chi connectivity index (χ1n) is 8.64. The van der Waals surface area contributed by atoms with E-state index >= 15 is 0 Å². The molecular weight excluding hydrogens is 348 g/mol. The number of carbonyl (C=O) groups excluding carboxylic acids is 2. The molecule has 0 aliphatic carbocycles. The SMILES string of the molecule is COc1cc(C(=O)N2CCC3(CC(=O)N(c4cccc(C#N)c4)C3)C2)on1. The number of hydrogen-bond acceptors (Lipinski definition) is 6. The van der Waals surface area contributed by atoms with Gasteiger partial charge < -0.3 is 19.1 Å². The largest absolute Gasteiger partial charge is 0.479 e. The third-order valence-corrected chi connectivity index (χ3v) is 5.24. The van der Waals surface area contributed by atoms with Gasteiger partial charge in [-0.1, -0.05) is 6.07 Å². The lowest BCUT2D eigenvalue weighted by Crippen LogP contribution is -2.34. The third kappa shape index (κ3) is 3.01. The Morgan fingerprint density at radius 1 is 1.37 bits per heavy atom. The number of amides is 2. The number of nitriles is 1. The fourth-order valence-electron chi connectivity index (χ4n) is 3.87. The van der Waals surface area contributed by atoms with Gasteiger partial charge in [-0.25, -0.2) is 0 Å². The Balaban J connectivity index is 1.50. The average Bonchev–Trinajstić information content (AvgIpc) is 3.40. The summed E-state index contributed by atoms with van der Waals surface area (Å²) >= 11 is 0. The van der Waals surface area contributed by atoms with Crippen molar-refractivity contribution in [2.75, 3.05) is 31.6 Å². The molecule has 4 rings (SSSR count). The van der Waals surface area contributed by atoms with Gasteiger partial charge in [0.2, 0.25) is 11.7 Å². The highest BCUT2D eigenvalue weighted by atomic mass is 16.5. The molecule has 2 aromatic rings. The van der Waals surface area contributed by atoms with Gasteiger partial charge in [0, 0.05) is 37.2 Å². The molecule has 1 atom stereocenters. The molecule has 1 aromatic carbocycles. The summed E-state index contributed by atoms with van der Waals surface area (Å²) in [6.45, 7) is 1.57. The number of rotatable bonds is 3. The molecule has 2 fully saturated rings. The molecule has 0 N–H and O–H groups in total. The number of anilines is 1. The summed E-state index contributed by atoms with van der Waals surface area (Å²) in [6.07, 6.45) is 1.12. The Kier molecular flexibility index (Phi) is 4.07. The number of likely N-dealkylation sites (tertiary alicyclic amines) is 1. The van der Waals surface area contributed by atoms with Crippen molar-refractivity contribution in [3.8, 4) is 11.9 Å². The number of benzene rings is 1. The zero-order valence-corrected chi connectivity index (χ0v) is 14.8. The van der Waals surface area contributed by atoms with Crippen molar-refractivity contribution in [2.45, 2.75) is 12.8 Å². The second-order valence-corrected chi connectivity index (χ2v) is 7.03. The number of hydrogen-bond donors (Lipinski definition) is 0. The van der Waals surface area contributed by atoms with Crippen LogP contribution in [0.1, 0.15) is 29.0 Å². The Morgan fingerprint density at radius 2 is 2.22 bits per heavy atom. The van der Waals surface area contributed by atoms with E-state index in [4.69, 9.17) is 14.5 Å². The number of nitrogens with zero attached hydrogens (tertiary/aromatic N) is 4. The van der Waals surface area contributed by atoms with E-state index in [0.29, 0.717) is 31.6 Å². The highest BCUT2D eigenvalue weighted by Gasteiger charge is 2.49. The summed E-state index contributed by atoms with van der Waals surface area (Å²) in [7, 11) is 1.46. The van der Waals surface area contributed by atoms with Crippen molar-refractivity contribution in [3.05, 3.63) is 41.7 Å². The highest BCUT2D eigenvalue weighted by molar-refractivity contribution is 5.97. The van der Waals surface area contributed by atoms with E-state index in [1.807, 2.05) is 6.07 Å². The quantitative estimate of drug-likeness (QED) is 0.821. The number of ether oxygens (including phenoxy) is 1. The predicted molar refractivity (Wildman–Crippen MR) is 94.1 cm³/mol. The van der Waals surface area contributed by atoms with Crippen LogP contribution < -0.4 is 9.64 Å². The van der Waals surface area contributed by atoms with Crippen LogP contribution in [-0.4, -0.2) is 48.6 Å². The van der Waals surface area contributed by atoms with Crippen molar-refractivity contribution < 1.29 is 18.8 Å². The molecule has 1 aromatic heterocycles. The van der Waals surface area contributed by atoms with Crippen molar-refractivity contribution in [1.29, 1.82) is 5.26 Å². The van der Waals surface area contributed by atoms with Crippen LogP contribution in [0.25, 0.3) is 0 Å². The van der Waals surface area contributed by atoms with Gasteiger partial charge in [-0.05, 0) is 29.8 Å². The molecule has 0 saturated carbocycles. The Morgan fingerprint density at radius 3 is 2.96 bits per heavy atom. The van der Waals surface area contributed by atoms with Crippen molar-refractivity contribution in [1.82, 2.24) is 10.1 Å². The van der Waals surface area contributed by atoms with E-state index in [1.165, 1.54) is 13.2 Å². The Labute approximate surface area is 155 Å². The van der Waals surface area contributed by atoms with Gasteiger partial charge in [-0.15, -0.1) is 0 Å². The van der Waals surface area contributed by atoms with Crippen molar-refractivity contribution >= 4 is 17.5 Å². The summed E-state index contributed by atoms with van der Waals surface area (Å²) in [5.41, 5.74) is 0.962. The predicted octanol–water partition coefficient (Wildman–Crippen LogP) is 1.82. The minimum absolute atomic E-state index is 0.0146. The number of methoxy groups -OCH3 is 1. The first-order chi connectivity index (χ1) is 13.0. The van der Waals surface area contributed by atoms with Gasteiger partial charge in [-0.3, -0.25) is 9.59 Å². The molecule has 138 valence electrons. The molecule has 2 saturated heterocycles. The van der Waals surface area contributed by atoms with Crippen LogP contribution in [0.5, 0.6) is 5.88 Å². The van der Waals surface area contributed by atoms with E-state index in [0.717, 1.165) is 12.1 Å². The summed E-state index contributed by atoms with van der Waals surface area (Å²) in [5, 5.41) is 12.7. The highest BCUT2D eigenvalue weighted by Crippen LogP contribution is 2.42. The van der Waals surface area contributed by atoms with E-state index in [2.05, 4.69) is 11.2 Å². The number of aromatic nitrogens is 1. The molecule has 1 unspecified atom stereocenters. The smallest absolute Gasteiger partial charge is 0.292 e. The standard InChI is InChI=1S/C19H18N4O4/c1-26-16-8-15(27-21-16)18(25)22-6-5-19(11-22)9-17(24)23(12-19)14-4-2-3-13(7-14)10-20/h2-4,7-8H,5-6,9,11-12H2,1H3. The molecule has 8 nitrogen and oxygen atoms in total. The third-order valence-electron chi connectivity index (χ3n) is 5.24. The molecule has 0 radical (unpaired) electrons. The topological polar surface area (TPSA) is 99.7 Å².